The second kappa shape index (κ2) is 9.23. The molecule has 10 nitrogen and oxygen atoms in total. The second-order valence-corrected chi connectivity index (χ2v) is 7.75. The Morgan fingerprint density at radius 3 is 2.69 bits per heavy atom. The molecule has 0 spiro atoms. The van der Waals surface area contributed by atoms with Gasteiger partial charge in [0.1, 0.15) is 12.4 Å². The van der Waals surface area contributed by atoms with E-state index in [0.717, 1.165) is 25.3 Å². The van der Waals surface area contributed by atoms with E-state index in [4.69, 9.17) is 14.9 Å². The molecule has 4 aromatic rings. The number of anilines is 2. The Morgan fingerprint density at radius 1 is 1.06 bits per heavy atom. The summed E-state index contributed by atoms with van der Waals surface area (Å²) in [6.45, 7) is 4.77. The molecule has 0 aliphatic carbocycles. The van der Waals surface area contributed by atoms with E-state index in [1.165, 1.54) is 36.0 Å². The van der Waals surface area contributed by atoms with Crippen LogP contribution in [0.1, 0.15) is 18.4 Å². The normalized spacial score (nSPS) is 14.2. The molecule has 1 saturated heterocycles. The Hall–Kier alpha value is -3.66. The standard InChI is InChI=1S/C22H26N8O2/c23-20-26-21(27-22-25-19(28-30(20)22)18-4-3-14-32-18)24-10-9-16-5-7-17(8-6-16)31-15-13-29-11-1-2-12-29/h3-8,14H,1-2,9-13,15H2,(H3,23,24,25,26,27,28). The van der Waals surface area contributed by atoms with E-state index >= 15 is 0 Å². The molecule has 32 heavy (non-hydrogen) atoms. The van der Waals surface area contributed by atoms with Crippen molar-refractivity contribution in [1.82, 2.24) is 29.5 Å². The van der Waals surface area contributed by atoms with Gasteiger partial charge in [-0.2, -0.15) is 19.5 Å². The first kappa shape index (κ1) is 20.3. The van der Waals surface area contributed by atoms with Gasteiger partial charge in [0, 0.05) is 13.1 Å². The van der Waals surface area contributed by atoms with Crippen LogP contribution in [0, 0.1) is 0 Å². The van der Waals surface area contributed by atoms with Gasteiger partial charge in [0.25, 0.3) is 5.78 Å². The van der Waals surface area contributed by atoms with E-state index in [1.54, 1.807) is 18.4 Å². The first-order chi connectivity index (χ1) is 15.7. The molecule has 166 valence electrons. The summed E-state index contributed by atoms with van der Waals surface area (Å²) < 4.78 is 12.6. The topological polar surface area (TPSA) is 120 Å². The summed E-state index contributed by atoms with van der Waals surface area (Å²) in [5, 5.41) is 7.50. The van der Waals surface area contributed by atoms with E-state index in [0.29, 0.717) is 29.9 Å². The van der Waals surface area contributed by atoms with E-state index in [1.807, 2.05) is 12.1 Å². The molecule has 1 aliphatic rings. The van der Waals surface area contributed by atoms with Gasteiger partial charge in [0.2, 0.25) is 17.7 Å². The summed E-state index contributed by atoms with van der Waals surface area (Å²) in [6.07, 6.45) is 4.99. The molecule has 0 radical (unpaired) electrons. The molecule has 0 bridgehead atoms. The van der Waals surface area contributed by atoms with Gasteiger partial charge in [0.05, 0.1) is 6.26 Å². The molecular weight excluding hydrogens is 408 g/mol. The molecular formula is C22H26N8O2. The summed E-state index contributed by atoms with van der Waals surface area (Å²) in [5.41, 5.74) is 7.22. The Kier molecular flexibility index (Phi) is 5.84. The number of nitrogen functional groups attached to an aromatic ring is 1. The molecule has 4 heterocycles. The fraction of sp³-hybridized carbons (Fsp3) is 0.364. The van der Waals surface area contributed by atoms with Gasteiger partial charge in [-0.15, -0.1) is 5.10 Å². The number of likely N-dealkylation sites (tertiary alicyclic amines) is 1. The Bertz CT molecular complexity index is 1150. The Balaban J connectivity index is 1.13. The first-order valence-electron chi connectivity index (χ1n) is 10.9. The average molecular weight is 435 g/mol. The lowest BCUT2D eigenvalue weighted by Gasteiger charge is -2.15. The van der Waals surface area contributed by atoms with Crippen molar-refractivity contribution in [3.05, 3.63) is 48.2 Å². The number of nitrogens with zero attached hydrogens (tertiary/aromatic N) is 6. The van der Waals surface area contributed by atoms with Crippen LogP contribution in [0.15, 0.2) is 47.1 Å². The molecule has 1 fully saturated rings. The third-order valence-corrected chi connectivity index (χ3v) is 5.47. The molecule has 0 atom stereocenters. The number of fused-ring (bicyclic) bond motifs is 1. The highest BCUT2D eigenvalue weighted by Crippen LogP contribution is 2.18. The summed E-state index contributed by atoms with van der Waals surface area (Å²) >= 11 is 0. The van der Waals surface area contributed by atoms with Crippen molar-refractivity contribution in [2.75, 3.05) is 43.8 Å². The maximum atomic E-state index is 6.02. The number of nitrogens with two attached hydrogens (primary N) is 1. The molecule has 0 unspecified atom stereocenters. The van der Waals surface area contributed by atoms with Crippen LogP contribution in [-0.4, -0.2) is 62.3 Å². The van der Waals surface area contributed by atoms with Crippen LogP contribution in [0.4, 0.5) is 11.9 Å². The van der Waals surface area contributed by atoms with Crippen LogP contribution in [0.3, 0.4) is 0 Å². The summed E-state index contributed by atoms with van der Waals surface area (Å²) in [7, 11) is 0. The van der Waals surface area contributed by atoms with Crippen molar-refractivity contribution < 1.29 is 9.15 Å². The third-order valence-electron chi connectivity index (χ3n) is 5.47. The van der Waals surface area contributed by atoms with Gasteiger partial charge in [0.15, 0.2) is 5.76 Å². The van der Waals surface area contributed by atoms with Crippen LogP contribution in [0.5, 0.6) is 5.75 Å². The smallest absolute Gasteiger partial charge is 0.259 e. The molecule has 1 aromatic carbocycles. The van der Waals surface area contributed by atoms with Gasteiger partial charge >= 0.3 is 0 Å². The van der Waals surface area contributed by atoms with E-state index in [-0.39, 0.29) is 5.95 Å². The highest BCUT2D eigenvalue weighted by molar-refractivity contribution is 5.52. The van der Waals surface area contributed by atoms with Crippen molar-refractivity contribution in [1.29, 1.82) is 0 Å². The first-order valence-corrected chi connectivity index (χ1v) is 10.9. The third kappa shape index (κ3) is 4.65. The maximum absolute atomic E-state index is 6.02. The van der Waals surface area contributed by atoms with E-state index in [9.17, 15) is 0 Å². The van der Waals surface area contributed by atoms with Crippen LogP contribution < -0.4 is 15.8 Å². The zero-order valence-electron chi connectivity index (χ0n) is 17.8. The van der Waals surface area contributed by atoms with Gasteiger partial charge in [-0.1, -0.05) is 12.1 Å². The molecule has 10 heteroatoms. The zero-order chi connectivity index (χ0) is 21.8. The van der Waals surface area contributed by atoms with E-state index in [2.05, 4.69) is 42.4 Å². The number of nitrogens with one attached hydrogen (secondary N) is 1. The van der Waals surface area contributed by atoms with Crippen LogP contribution >= 0.6 is 0 Å². The minimum atomic E-state index is 0.207. The fourth-order valence-electron chi connectivity index (χ4n) is 3.76. The van der Waals surface area contributed by atoms with Gasteiger partial charge in [-0.05, 0) is 62.2 Å². The molecule has 1 aliphatic heterocycles. The number of hydrogen-bond acceptors (Lipinski definition) is 9. The zero-order valence-corrected chi connectivity index (χ0v) is 17.8. The van der Waals surface area contributed by atoms with Crippen LogP contribution in [0.25, 0.3) is 17.4 Å². The summed E-state index contributed by atoms with van der Waals surface area (Å²) in [6, 6.07) is 11.8. The largest absolute Gasteiger partial charge is 0.492 e. The maximum Gasteiger partial charge on any atom is 0.259 e. The minimum absolute atomic E-state index is 0.207. The molecule has 3 N–H and O–H groups in total. The number of benzene rings is 1. The summed E-state index contributed by atoms with van der Waals surface area (Å²) in [5.74, 6) is 2.85. The lowest BCUT2D eigenvalue weighted by Crippen LogP contribution is -2.25. The fourth-order valence-corrected chi connectivity index (χ4v) is 3.76. The van der Waals surface area contributed by atoms with Crippen LogP contribution in [-0.2, 0) is 6.42 Å². The number of aromatic nitrogens is 5. The lowest BCUT2D eigenvalue weighted by molar-refractivity contribution is 0.238. The van der Waals surface area contributed by atoms with Gasteiger partial charge < -0.3 is 20.2 Å². The quantitative estimate of drug-likeness (QED) is 0.409. The predicted octanol–water partition coefficient (Wildman–Crippen LogP) is 2.49. The highest BCUT2D eigenvalue weighted by Gasteiger charge is 2.14. The average Bonchev–Trinajstić information content (AvgIpc) is 3.56. The van der Waals surface area contributed by atoms with Crippen molar-refractivity contribution in [2.24, 2.45) is 0 Å². The molecule has 3 aromatic heterocycles. The number of ether oxygens (including phenoxy) is 1. The van der Waals surface area contributed by atoms with Gasteiger partial charge in [-0.3, -0.25) is 4.90 Å². The monoisotopic (exact) mass is 434 g/mol. The lowest BCUT2D eigenvalue weighted by atomic mass is 10.1. The molecule has 0 saturated carbocycles. The molecule has 0 amide bonds. The van der Waals surface area contributed by atoms with Gasteiger partial charge in [-0.25, -0.2) is 0 Å². The van der Waals surface area contributed by atoms with Crippen molar-refractivity contribution in [2.45, 2.75) is 19.3 Å². The highest BCUT2D eigenvalue weighted by atomic mass is 16.5. The van der Waals surface area contributed by atoms with Crippen molar-refractivity contribution >= 4 is 17.7 Å². The summed E-state index contributed by atoms with van der Waals surface area (Å²) in [4.78, 5) is 15.5. The minimum Gasteiger partial charge on any atom is -0.492 e. The number of rotatable bonds is 9. The number of furan rings is 1. The second-order valence-electron chi connectivity index (χ2n) is 7.75. The van der Waals surface area contributed by atoms with Crippen molar-refractivity contribution in [3.8, 4) is 17.3 Å². The van der Waals surface area contributed by atoms with Crippen molar-refractivity contribution in [3.63, 3.8) is 0 Å². The Labute approximate surface area is 185 Å². The van der Waals surface area contributed by atoms with Crippen LogP contribution in [0.2, 0.25) is 0 Å². The predicted molar refractivity (Wildman–Crippen MR) is 120 cm³/mol. The van der Waals surface area contributed by atoms with E-state index < -0.39 is 0 Å². The Morgan fingerprint density at radius 2 is 1.91 bits per heavy atom. The SMILES string of the molecule is Nc1nc(NCCc2ccc(OCCN3CCCC3)cc2)nc2nc(-c3ccco3)nn12. The molecule has 5 rings (SSSR count). The number of hydrogen-bond donors (Lipinski definition) is 2.